The second-order valence-electron chi connectivity index (χ2n) is 1.50. The van der Waals surface area contributed by atoms with Crippen LogP contribution >= 0.6 is 0 Å². The van der Waals surface area contributed by atoms with Gasteiger partial charge in [-0.15, -0.1) is 0 Å². The maximum absolute atomic E-state index is 3.25. The predicted molar refractivity (Wildman–Crippen MR) is 31.3 cm³/mol. The Kier molecular flexibility index (Phi) is 35.6. The van der Waals surface area contributed by atoms with E-state index in [2.05, 4.69) is 27.7 Å². The van der Waals surface area contributed by atoms with Crippen molar-refractivity contribution in [1.82, 2.24) is 0 Å². The molecule has 7 heavy (non-hydrogen) atoms. The molecule has 0 aromatic heterocycles. The summed E-state index contributed by atoms with van der Waals surface area (Å²) >= 11 is 0. The summed E-state index contributed by atoms with van der Waals surface area (Å²) in [5.74, 6) is 1.42. The van der Waals surface area contributed by atoms with Crippen LogP contribution in [0, 0.1) is 12.8 Å². The van der Waals surface area contributed by atoms with Gasteiger partial charge in [-0.25, -0.2) is 0 Å². The predicted octanol–water partition coefficient (Wildman–Crippen LogP) is 2.46. The summed E-state index contributed by atoms with van der Waals surface area (Å²) in [6.07, 6.45) is 0. The molecule has 0 aromatic carbocycles. The van der Waals surface area contributed by atoms with Crippen molar-refractivity contribution >= 4 is 0 Å². The van der Waals surface area contributed by atoms with Gasteiger partial charge in [0.05, 0.1) is 0 Å². The number of hydrogen-bond donors (Lipinski definition) is 0. The molecule has 0 bridgehead atoms. The van der Waals surface area contributed by atoms with E-state index in [0.717, 1.165) is 0 Å². The van der Waals surface area contributed by atoms with Gasteiger partial charge in [0.25, 0.3) is 0 Å². The van der Waals surface area contributed by atoms with E-state index in [-0.39, 0.29) is 21.1 Å². The first kappa shape index (κ1) is 15.6. The number of rotatable bonds is 0. The van der Waals surface area contributed by atoms with Gasteiger partial charge in [-0.05, 0) is 0 Å². The molecule has 0 atom stereocenters. The third-order valence-electron chi connectivity index (χ3n) is 0. The summed E-state index contributed by atoms with van der Waals surface area (Å²) in [7, 11) is 0. The molecule has 0 aliphatic carbocycles. The zero-order valence-electron chi connectivity index (χ0n) is 5.62. The topological polar surface area (TPSA) is 0 Å². The van der Waals surface area contributed by atoms with E-state index in [4.69, 9.17) is 0 Å². The van der Waals surface area contributed by atoms with Crippen molar-refractivity contribution < 1.29 is 21.1 Å². The second-order valence-corrected chi connectivity index (χ2v) is 1.50. The summed E-state index contributed by atoms with van der Waals surface area (Å²) in [6.45, 7) is 11.2. The SMILES string of the molecule is C[C-](C)C.[CH2-]C.[W+2]. The fraction of sp³-hybridized carbons (Fsp3) is 0.667. The van der Waals surface area contributed by atoms with Gasteiger partial charge in [0.2, 0.25) is 0 Å². The van der Waals surface area contributed by atoms with Crippen molar-refractivity contribution in [3.63, 3.8) is 0 Å². The van der Waals surface area contributed by atoms with Crippen molar-refractivity contribution in [2.24, 2.45) is 0 Å². The second kappa shape index (κ2) is 15.9. The van der Waals surface area contributed by atoms with E-state index >= 15 is 0 Å². The molecule has 0 unspecified atom stereocenters. The summed E-state index contributed by atoms with van der Waals surface area (Å²) in [5.41, 5.74) is 0. The van der Waals surface area contributed by atoms with Crippen LogP contribution in [0.4, 0.5) is 0 Å². The van der Waals surface area contributed by atoms with E-state index in [0.29, 0.717) is 0 Å². The van der Waals surface area contributed by atoms with Crippen molar-refractivity contribution in [2.45, 2.75) is 27.7 Å². The first-order chi connectivity index (χ1) is 2.73. The molecule has 0 saturated carbocycles. The van der Waals surface area contributed by atoms with E-state index in [1.54, 1.807) is 6.92 Å². The van der Waals surface area contributed by atoms with E-state index in [1.807, 2.05) is 0 Å². The largest absolute Gasteiger partial charge is 2.00 e. The molecular formula is C6H14W. The average Bonchev–Trinajstić information content (AvgIpc) is 1.41. The minimum absolute atomic E-state index is 0. The molecule has 0 aliphatic heterocycles. The van der Waals surface area contributed by atoms with Gasteiger partial charge < -0.3 is 12.8 Å². The molecule has 0 aliphatic rings. The maximum atomic E-state index is 3.25. The molecular weight excluding hydrogens is 256 g/mol. The van der Waals surface area contributed by atoms with Crippen LogP contribution in [0.2, 0.25) is 0 Å². The van der Waals surface area contributed by atoms with Crippen LogP contribution < -0.4 is 0 Å². The fourth-order valence-electron chi connectivity index (χ4n) is 0. The van der Waals surface area contributed by atoms with Gasteiger partial charge >= 0.3 is 21.1 Å². The Labute approximate surface area is 62.0 Å². The van der Waals surface area contributed by atoms with Crippen LogP contribution in [0.1, 0.15) is 27.7 Å². The van der Waals surface area contributed by atoms with Crippen LogP contribution in [-0.2, 0) is 21.1 Å². The molecule has 0 saturated heterocycles. The molecule has 0 spiro atoms. The molecule has 44 valence electrons. The van der Waals surface area contributed by atoms with Gasteiger partial charge in [-0.3, -0.25) is 0 Å². The molecule has 0 nitrogen and oxygen atoms in total. The Hall–Kier alpha value is 0.688. The van der Waals surface area contributed by atoms with Crippen LogP contribution in [0.25, 0.3) is 0 Å². The van der Waals surface area contributed by atoms with Crippen molar-refractivity contribution in [3.8, 4) is 0 Å². The van der Waals surface area contributed by atoms with Crippen LogP contribution in [0.5, 0.6) is 0 Å². The molecule has 0 radical (unpaired) electrons. The molecule has 0 aromatic rings. The summed E-state index contributed by atoms with van der Waals surface area (Å²) < 4.78 is 0. The van der Waals surface area contributed by atoms with Gasteiger partial charge in [0.15, 0.2) is 0 Å². The average molecular weight is 270 g/mol. The zero-order valence-corrected chi connectivity index (χ0v) is 8.55. The molecule has 0 rings (SSSR count). The molecule has 0 heterocycles. The molecule has 0 fully saturated rings. The Morgan fingerprint density at radius 1 is 1.00 bits per heavy atom. The van der Waals surface area contributed by atoms with Crippen LogP contribution in [0.15, 0.2) is 0 Å². The maximum Gasteiger partial charge on any atom is 2.00 e. The monoisotopic (exact) mass is 270 g/mol. The van der Waals surface area contributed by atoms with Gasteiger partial charge in [-0.1, -0.05) is 0 Å². The third-order valence-corrected chi connectivity index (χ3v) is 0. The molecule has 0 N–H and O–H groups in total. The van der Waals surface area contributed by atoms with Crippen LogP contribution in [0.3, 0.4) is 0 Å². The van der Waals surface area contributed by atoms with Gasteiger partial charge in [0.1, 0.15) is 0 Å². The summed E-state index contributed by atoms with van der Waals surface area (Å²) in [5, 5.41) is 0. The standard InChI is InChI=1S/C4H9.C2H5.W/c1-4(2)3;1-2;/h1-3H3;1H2,2H3;/q2*-1;+2. The third kappa shape index (κ3) is 310. The van der Waals surface area contributed by atoms with E-state index in [1.165, 1.54) is 5.92 Å². The quantitative estimate of drug-likeness (QED) is 0.593. The Morgan fingerprint density at radius 2 is 1.00 bits per heavy atom. The Bertz CT molecular complexity index is 8.90. The summed E-state index contributed by atoms with van der Waals surface area (Å²) in [4.78, 5) is 0. The van der Waals surface area contributed by atoms with Crippen molar-refractivity contribution in [3.05, 3.63) is 12.8 Å². The normalized spacial score (nSPS) is 6.00. The van der Waals surface area contributed by atoms with Crippen molar-refractivity contribution in [1.29, 1.82) is 0 Å². The Morgan fingerprint density at radius 3 is 1.00 bits per heavy atom. The number of hydrogen-bond acceptors (Lipinski definition) is 0. The Balaban J connectivity index is -0.0000000480. The minimum atomic E-state index is 0. The first-order valence-electron chi connectivity index (χ1n) is 2.21. The minimum Gasteiger partial charge on any atom is -0.346 e. The van der Waals surface area contributed by atoms with E-state index in [9.17, 15) is 0 Å². The fourth-order valence-corrected chi connectivity index (χ4v) is 0. The van der Waals surface area contributed by atoms with Crippen LogP contribution in [-0.4, -0.2) is 0 Å². The van der Waals surface area contributed by atoms with Gasteiger partial charge in [-0.2, -0.15) is 27.7 Å². The van der Waals surface area contributed by atoms with E-state index < -0.39 is 0 Å². The first-order valence-corrected chi connectivity index (χ1v) is 2.21. The smallest absolute Gasteiger partial charge is 0.346 e. The zero-order chi connectivity index (χ0) is 5.58. The molecule has 1 heteroatoms. The molecule has 0 amide bonds. The van der Waals surface area contributed by atoms with Crippen molar-refractivity contribution in [2.75, 3.05) is 0 Å². The summed E-state index contributed by atoms with van der Waals surface area (Å²) in [6, 6.07) is 0. The van der Waals surface area contributed by atoms with Gasteiger partial charge in [0, 0.05) is 0 Å².